The summed E-state index contributed by atoms with van der Waals surface area (Å²) in [7, 11) is -3.28. The Bertz CT molecular complexity index is 1080. The van der Waals surface area contributed by atoms with Gasteiger partial charge in [0.05, 0.1) is 17.0 Å². The number of sulfone groups is 1. The summed E-state index contributed by atoms with van der Waals surface area (Å²) in [6, 6.07) is 15.7. The van der Waals surface area contributed by atoms with Crippen LogP contribution in [-0.4, -0.2) is 43.6 Å². The minimum Gasteiger partial charge on any atom is -0.466 e. The molecule has 0 spiro atoms. The summed E-state index contributed by atoms with van der Waals surface area (Å²) in [6.07, 6.45) is 0.780. The van der Waals surface area contributed by atoms with Gasteiger partial charge in [0.2, 0.25) is 5.91 Å². The van der Waals surface area contributed by atoms with Crippen LogP contribution in [0.5, 0.6) is 0 Å². The lowest BCUT2D eigenvalue weighted by Gasteiger charge is -2.35. The lowest BCUT2D eigenvalue weighted by atomic mass is 10.0. The monoisotopic (exact) mass is 441 g/mol. The van der Waals surface area contributed by atoms with E-state index in [2.05, 4.69) is 11.8 Å². The summed E-state index contributed by atoms with van der Waals surface area (Å²) in [5, 5.41) is 0. The second-order valence-corrected chi connectivity index (χ2v) is 9.57. The number of carbonyl (C=O) groups excluding carboxylic acids is 2. The van der Waals surface area contributed by atoms with Gasteiger partial charge in [-0.1, -0.05) is 42.2 Å². The molecule has 0 atom stereocenters. The maximum Gasteiger partial charge on any atom is 0.315 e. The third-order valence-corrected chi connectivity index (χ3v) is 5.68. The van der Waals surface area contributed by atoms with Crippen LogP contribution in [0.2, 0.25) is 0 Å². The number of hydrogen-bond donors (Lipinski definition) is 0. The molecule has 0 fully saturated rings. The van der Waals surface area contributed by atoms with Gasteiger partial charge in [-0.3, -0.25) is 9.59 Å². The van der Waals surface area contributed by atoms with Crippen molar-refractivity contribution in [2.24, 2.45) is 0 Å². The molecule has 0 saturated carbocycles. The fourth-order valence-electron chi connectivity index (χ4n) is 2.87. The maximum absolute atomic E-state index is 12.9. The fraction of sp³-hybridized carbons (Fsp3) is 0.333. The minimum absolute atomic E-state index is 0.206. The number of benzene rings is 2. The van der Waals surface area contributed by atoms with Crippen LogP contribution in [0.15, 0.2) is 59.5 Å². The molecule has 7 heteroatoms. The van der Waals surface area contributed by atoms with Crippen molar-refractivity contribution in [1.29, 1.82) is 0 Å². The Morgan fingerprint density at radius 3 is 2.19 bits per heavy atom. The van der Waals surface area contributed by atoms with Crippen LogP contribution in [0.1, 0.15) is 38.3 Å². The molecule has 0 heterocycles. The molecule has 31 heavy (non-hydrogen) atoms. The molecular weight excluding hydrogens is 414 g/mol. The Morgan fingerprint density at radius 2 is 1.65 bits per heavy atom. The second kappa shape index (κ2) is 10.3. The van der Waals surface area contributed by atoms with Crippen molar-refractivity contribution in [3.8, 4) is 11.8 Å². The van der Waals surface area contributed by atoms with E-state index in [1.807, 2.05) is 30.3 Å². The summed E-state index contributed by atoms with van der Waals surface area (Å²) in [4.78, 5) is 26.6. The first-order chi connectivity index (χ1) is 14.5. The minimum atomic E-state index is -3.28. The van der Waals surface area contributed by atoms with Crippen molar-refractivity contribution in [2.45, 2.75) is 44.2 Å². The zero-order valence-electron chi connectivity index (χ0n) is 18.2. The van der Waals surface area contributed by atoms with E-state index in [0.29, 0.717) is 5.56 Å². The molecular formula is C24H27NO5S. The first kappa shape index (κ1) is 24.2. The Labute approximate surface area is 184 Å². The smallest absolute Gasteiger partial charge is 0.315 e. The first-order valence-electron chi connectivity index (χ1n) is 9.86. The van der Waals surface area contributed by atoms with Crippen LogP contribution in [0.3, 0.4) is 0 Å². The number of carbonyl (C=O) groups is 2. The van der Waals surface area contributed by atoms with Gasteiger partial charge < -0.3 is 9.64 Å². The normalized spacial score (nSPS) is 11.2. The van der Waals surface area contributed by atoms with Gasteiger partial charge in [0.25, 0.3) is 0 Å². The van der Waals surface area contributed by atoms with Gasteiger partial charge in [0.1, 0.15) is 6.42 Å². The number of hydrogen-bond acceptors (Lipinski definition) is 5. The van der Waals surface area contributed by atoms with E-state index in [-0.39, 0.29) is 30.4 Å². The largest absolute Gasteiger partial charge is 0.466 e. The zero-order chi connectivity index (χ0) is 23.1. The molecule has 2 rings (SSSR count). The van der Waals surface area contributed by atoms with E-state index in [1.165, 1.54) is 12.1 Å². The van der Waals surface area contributed by atoms with Crippen LogP contribution in [0, 0.1) is 11.8 Å². The van der Waals surface area contributed by atoms with Crippen molar-refractivity contribution in [3.05, 3.63) is 65.7 Å². The lowest BCUT2D eigenvalue weighted by molar-refractivity contribution is -0.150. The molecule has 1 amide bonds. The van der Waals surface area contributed by atoms with E-state index in [1.54, 1.807) is 37.8 Å². The zero-order valence-corrected chi connectivity index (χ0v) is 19.0. The highest BCUT2D eigenvalue weighted by molar-refractivity contribution is 7.90. The third kappa shape index (κ3) is 7.26. The fourth-order valence-corrected chi connectivity index (χ4v) is 3.50. The Kier molecular flexibility index (Phi) is 8.01. The highest BCUT2D eigenvalue weighted by atomic mass is 32.2. The molecule has 0 aromatic heterocycles. The highest BCUT2D eigenvalue weighted by Crippen LogP contribution is 2.20. The predicted molar refractivity (Wildman–Crippen MR) is 119 cm³/mol. The Morgan fingerprint density at radius 1 is 1.03 bits per heavy atom. The molecule has 0 bridgehead atoms. The Hall–Kier alpha value is -3.11. The van der Waals surface area contributed by atoms with Gasteiger partial charge in [-0.25, -0.2) is 8.42 Å². The van der Waals surface area contributed by atoms with Crippen molar-refractivity contribution >= 4 is 21.7 Å². The second-order valence-electron chi connectivity index (χ2n) is 7.55. The number of ether oxygens (including phenoxy) is 1. The topological polar surface area (TPSA) is 80.8 Å². The molecule has 6 nitrogen and oxygen atoms in total. The van der Waals surface area contributed by atoms with Crippen LogP contribution < -0.4 is 0 Å². The Balaban J connectivity index is 2.31. The molecule has 0 aliphatic carbocycles. The quantitative estimate of drug-likeness (QED) is 0.374. The van der Waals surface area contributed by atoms with Crippen molar-refractivity contribution < 1.29 is 22.7 Å². The van der Waals surface area contributed by atoms with Gasteiger partial charge in [0.15, 0.2) is 9.84 Å². The van der Waals surface area contributed by atoms with E-state index in [9.17, 15) is 18.0 Å². The highest BCUT2D eigenvalue weighted by Gasteiger charge is 2.31. The van der Waals surface area contributed by atoms with Crippen LogP contribution in [0.4, 0.5) is 0 Å². The standard InChI is InChI=1S/C24H27NO5S/c1-5-30-23(27)17-22(26)25(18-20-9-7-6-8-10-20)24(2,3)16-15-19-11-13-21(14-12-19)31(4,28)29/h6-14H,5,17-18H2,1-4H3. The summed E-state index contributed by atoms with van der Waals surface area (Å²) in [6.45, 7) is 5.79. The molecule has 0 N–H and O–H groups in total. The van der Waals surface area contributed by atoms with E-state index < -0.39 is 21.3 Å². The first-order valence-corrected chi connectivity index (χ1v) is 11.8. The number of rotatable bonds is 7. The van der Waals surface area contributed by atoms with Crippen molar-refractivity contribution in [1.82, 2.24) is 4.90 Å². The SMILES string of the molecule is CCOC(=O)CC(=O)N(Cc1ccccc1)C(C)(C)C#Cc1ccc(S(C)(=O)=O)cc1. The van der Waals surface area contributed by atoms with Crippen molar-refractivity contribution in [3.63, 3.8) is 0 Å². The molecule has 164 valence electrons. The van der Waals surface area contributed by atoms with Crippen LogP contribution in [-0.2, 0) is 30.7 Å². The molecule has 0 unspecified atom stereocenters. The summed E-state index contributed by atoms with van der Waals surface area (Å²) in [5.41, 5.74) is 0.639. The summed E-state index contributed by atoms with van der Waals surface area (Å²) < 4.78 is 28.2. The molecule has 0 radical (unpaired) electrons. The predicted octanol–water partition coefficient (Wildman–Crippen LogP) is 3.20. The van der Waals surface area contributed by atoms with E-state index >= 15 is 0 Å². The third-order valence-electron chi connectivity index (χ3n) is 4.56. The molecule has 0 saturated heterocycles. The maximum atomic E-state index is 12.9. The average Bonchev–Trinajstić information content (AvgIpc) is 2.71. The lowest BCUT2D eigenvalue weighted by Crippen LogP contribution is -2.47. The van der Waals surface area contributed by atoms with Crippen LogP contribution >= 0.6 is 0 Å². The van der Waals surface area contributed by atoms with E-state index in [4.69, 9.17) is 4.74 Å². The van der Waals surface area contributed by atoms with Gasteiger partial charge in [0, 0.05) is 18.4 Å². The molecule has 0 aliphatic rings. The van der Waals surface area contributed by atoms with Crippen LogP contribution in [0.25, 0.3) is 0 Å². The average molecular weight is 442 g/mol. The van der Waals surface area contributed by atoms with E-state index in [0.717, 1.165) is 11.8 Å². The van der Waals surface area contributed by atoms with Gasteiger partial charge >= 0.3 is 5.97 Å². The number of esters is 1. The number of amides is 1. The van der Waals surface area contributed by atoms with Gasteiger partial charge in [-0.15, -0.1) is 0 Å². The molecule has 2 aromatic carbocycles. The molecule has 2 aromatic rings. The summed E-state index contributed by atoms with van der Waals surface area (Å²) >= 11 is 0. The van der Waals surface area contributed by atoms with Gasteiger partial charge in [-0.05, 0) is 50.6 Å². The van der Waals surface area contributed by atoms with Gasteiger partial charge in [-0.2, -0.15) is 0 Å². The number of nitrogens with zero attached hydrogens (tertiary/aromatic N) is 1. The summed E-state index contributed by atoms with van der Waals surface area (Å²) in [5.74, 6) is 5.14. The van der Waals surface area contributed by atoms with Crippen molar-refractivity contribution in [2.75, 3.05) is 12.9 Å². The molecule has 0 aliphatic heterocycles.